The number of epoxide rings is 1. The lowest BCUT2D eigenvalue weighted by Crippen LogP contribution is -2.59. The van der Waals surface area contributed by atoms with Crippen LogP contribution >= 0.6 is 0 Å². The van der Waals surface area contributed by atoms with Gasteiger partial charge in [0, 0.05) is 59.3 Å². The standard InChI is InChI=1S/C9H18O4.C8H14O5.C7H12O6.C7H10O5.3H2O/c1-6(12-3)5-8(9(10)11)7(2)13-4;1-13-7-4(8(11)12)2-3-5(9)6(7)10;1-12-5-4(9)3(8)2-13-6(5)7(10)11;1-10-5-4-3(12-4)2-11-6(5)7(8)9;;;/h6-8H,5H2,1-4H3,(H,10,11);4-7,9-10H,2-3H2,1H3,(H,11,12);3-6,8-9H,2H2,1H3,(H,10,11);3-6H,2H2,1H3,(H,8,9);3*1H2/p-4. The molecule has 0 aromatic heterocycles. The zero-order chi connectivity index (χ0) is 39.2. The third kappa shape index (κ3) is 16.2. The lowest BCUT2D eigenvalue weighted by Gasteiger charge is -2.37. The molecule has 0 aromatic rings. The summed E-state index contributed by atoms with van der Waals surface area (Å²) in [6.45, 7) is 3.62. The molecule has 23 heteroatoms. The van der Waals surface area contributed by atoms with Crippen molar-refractivity contribution in [1.29, 1.82) is 0 Å². The Kier molecular flexibility index (Phi) is 27.8. The Bertz CT molecular complexity index is 1020. The van der Waals surface area contributed by atoms with Gasteiger partial charge in [0.1, 0.15) is 54.9 Å². The molecule has 15 atom stereocenters. The monoisotopic (exact) mass is 796 g/mol. The predicted molar refractivity (Wildman–Crippen MR) is 169 cm³/mol. The highest BCUT2D eigenvalue weighted by Gasteiger charge is 2.53. The van der Waals surface area contributed by atoms with Crippen molar-refractivity contribution in [3.05, 3.63) is 0 Å². The number of aliphatic hydroxyl groups is 4. The van der Waals surface area contributed by atoms with Crippen molar-refractivity contribution in [3.63, 3.8) is 0 Å². The van der Waals surface area contributed by atoms with Gasteiger partial charge in [-0.25, -0.2) is 0 Å². The summed E-state index contributed by atoms with van der Waals surface area (Å²) in [4.78, 5) is 42.3. The lowest BCUT2D eigenvalue weighted by molar-refractivity contribution is -0.329. The molecule has 1 saturated carbocycles. The van der Waals surface area contributed by atoms with Crippen LogP contribution in [0, 0.1) is 11.8 Å². The molecule has 0 spiro atoms. The SMILES string of the molecule is COC(C)CC(C(=O)[O-])C(C)OC.COC1C(C(=O)[O-])CCC(O)C1O.COC1C(C(=O)[O-])OCC(O)C1O.COC1C(C(=O)[O-])OCC2OC21.O.O.O. The van der Waals surface area contributed by atoms with Crippen molar-refractivity contribution in [2.45, 2.75) is 112 Å². The van der Waals surface area contributed by atoms with E-state index in [4.69, 9.17) is 43.0 Å². The molecular weight excluding hydrogens is 740 g/mol. The summed E-state index contributed by atoms with van der Waals surface area (Å²) in [6, 6.07) is 0. The zero-order valence-corrected chi connectivity index (χ0v) is 31.0. The molecule has 4 fully saturated rings. The number of aliphatic hydroxyl groups excluding tert-OH is 4. The summed E-state index contributed by atoms with van der Waals surface area (Å²) in [5.41, 5.74) is 0. The molecule has 3 aliphatic heterocycles. The minimum atomic E-state index is -1.46. The highest BCUT2D eigenvalue weighted by atomic mass is 16.7. The van der Waals surface area contributed by atoms with Crippen LogP contribution in [0.3, 0.4) is 0 Å². The van der Waals surface area contributed by atoms with E-state index in [-0.39, 0.29) is 60.3 Å². The fourth-order valence-corrected chi connectivity index (χ4v) is 5.56. The van der Waals surface area contributed by atoms with Crippen LogP contribution in [0.5, 0.6) is 0 Å². The van der Waals surface area contributed by atoms with Crippen LogP contribution in [0.15, 0.2) is 0 Å². The average Bonchev–Trinajstić information content (AvgIpc) is 3.89. The number of carboxylic acids is 4. The maximum absolute atomic E-state index is 10.7. The average molecular weight is 797 g/mol. The van der Waals surface area contributed by atoms with E-state index >= 15 is 0 Å². The maximum atomic E-state index is 10.7. The Morgan fingerprint density at radius 3 is 1.57 bits per heavy atom. The third-order valence-corrected chi connectivity index (χ3v) is 8.87. The second kappa shape index (κ2) is 27.0. The van der Waals surface area contributed by atoms with Crippen LogP contribution in [0.2, 0.25) is 0 Å². The Morgan fingerprint density at radius 2 is 1.15 bits per heavy atom. The van der Waals surface area contributed by atoms with E-state index in [1.807, 2.05) is 6.92 Å². The van der Waals surface area contributed by atoms with E-state index in [0.29, 0.717) is 13.0 Å². The molecule has 15 unspecified atom stereocenters. The molecule has 0 aromatic carbocycles. The Hall–Kier alpha value is -2.72. The Morgan fingerprint density at radius 1 is 0.667 bits per heavy atom. The number of carbonyl (C=O) groups is 4. The van der Waals surface area contributed by atoms with Crippen molar-refractivity contribution in [2.24, 2.45) is 11.8 Å². The molecule has 4 aliphatic rings. The van der Waals surface area contributed by atoms with Gasteiger partial charge in [-0.05, 0) is 33.1 Å². The van der Waals surface area contributed by atoms with Crippen LogP contribution in [-0.4, -0.2) is 189 Å². The van der Waals surface area contributed by atoms with Gasteiger partial charge in [-0.3, -0.25) is 0 Å². The van der Waals surface area contributed by atoms with Gasteiger partial charge in [0.2, 0.25) is 0 Å². The van der Waals surface area contributed by atoms with E-state index in [1.165, 1.54) is 28.4 Å². The largest absolute Gasteiger partial charge is 0.550 e. The summed E-state index contributed by atoms with van der Waals surface area (Å²) < 4.78 is 39.2. The first kappa shape index (κ1) is 55.6. The first-order chi connectivity index (χ1) is 23.9. The van der Waals surface area contributed by atoms with Crippen molar-refractivity contribution in [1.82, 2.24) is 0 Å². The molecule has 54 heavy (non-hydrogen) atoms. The summed E-state index contributed by atoms with van der Waals surface area (Å²) in [7, 11) is 7.01. The number of hydrogen-bond donors (Lipinski definition) is 4. The van der Waals surface area contributed by atoms with Crippen molar-refractivity contribution in [3.8, 4) is 0 Å². The Balaban J connectivity index is -0.000000631. The first-order valence-corrected chi connectivity index (χ1v) is 16.0. The van der Waals surface area contributed by atoms with E-state index in [0.717, 1.165) is 0 Å². The molecule has 1 aliphatic carbocycles. The summed E-state index contributed by atoms with van der Waals surface area (Å²) >= 11 is 0. The van der Waals surface area contributed by atoms with Crippen LogP contribution in [0.4, 0.5) is 0 Å². The number of ether oxygens (including phenoxy) is 8. The van der Waals surface area contributed by atoms with E-state index < -0.39 is 90.6 Å². The first-order valence-electron chi connectivity index (χ1n) is 16.0. The minimum Gasteiger partial charge on any atom is -0.550 e. The van der Waals surface area contributed by atoms with E-state index in [1.54, 1.807) is 14.0 Å². The number of carboxylic acid groups (broad SMARTS) is 4. The molecule has 10 N–H and O–H groups in total. The second-order valence-electron chi connectivity index (χ2n) is 12.2. The zero-order valence-electron chi connectivity index (χ0n) is 31.0. The molecule has 3 heterocycles. The number of methoxy groups -OCH3 is 5. The van der Waals surface area contributed by atoms with Gasteiger partial charge < -0.3 is 114 Å². The lowest BCUT2D eigenvalue weighted by atomic mass is 9.82. The molecule has 0 radical (unpaired) electrons. The van der Waals surface area contributed by atoms with E-state index in [9.17, 15) is 54.9 Å². The van der Waals surface area contributed by atoms with Crippen molar-refractivity contribution in [2.75, 3.05) is 48.8 Å². The van der Waals surface area contributed by atoms with Crippen LogP contribution in [0.25, 0.3) is 0 Å². The normalized spacial score (nSPS) is 33.7. The van der Waals surface area contributed by atoms with Gasteiger partial charge in [0.15, 0.2) is 0 Å². The maximum Gasteiger partial charge on any atom is 0.126 e. The molecule has 4 rings (SSSR count). The number of carbonyl (C=O) groups excluding carboxylic acids is 4. The summed E-state index contributed by atoms with van der Waals surface area (Å²) in [5, 5.41) is 79.3. The fraction of sp³-hybridized carbons (Fsp3) is 0.871. The predicted octanol–water partition coefficient (Wildman–Crippen LogP) is -9.99. The molecular formula is C31H56O23-4. The quantitative estimate of drug-likeness (QED) is 0.133. The summed E-state index contributed by atoms with van der Waals surface area (Å²) in [6.07, 6.45) is -8.81. The Labute approximate surface area is 311 Å². The molecule has 23 nitrogen and oxygen atoms in total. The van der Waals surface area contributed by atoms with Crippen LogP contribution < -0.4 is 20.4 Å². The summed E-state index contributed by atoms with van der Waals surface area (Å²) in [5.74, 6) is -6.46. The van der Waals surface area contributed by atoms with Gasteiger partial charge >= 0.3 is 0 Å². The smallest absolute Gasteiger partial charge is 0.126 e. The second-order valence-corrected chi connectivity index (χ2v) is 12.2. The third-order valence-electron chi connectivity index (χ3n) is 8.87. The molecule has 322 valence electrons. The van der Waals surface area contributed by atoms with Gasteiger partial charge in [-0.2, -0.15) is 0 Å². The highest BCUT2D eigenvalue weighted by molar-refractivity contribution is 5.72. The molecule has 0 amide bonds. The van der Waals surface area contributed by atoms with Crippen LogP contribution in [0.1, 0.15) is 33.1 Å². The van der Waals surface area contributed by atoms with Crippen molar-refractivity contribution < 1.29 is 114 Å². The highest BCUT2D eigenvalue weighted by Crippen LogP contribution is 2.34. The topological polar surface area (TPSA) is 413 Å². The fourth-order valence-electron chi connectivity index (χ4n) is 5.56. The number of rotatable bonds is 12. The number of hydrogen-bond acceptors (Lipinski definition) is 20. The van der Waals surface area contributed by atoms with E-state index in [2.05, 4.69) is 0 Å². The molecule has 3 saturated heterocycles. The van der Waals surface area contributed by atoms with Gasteiger partial charge in [0.25, 0.3) is 0 Å². The van der Waals surface area contributed by atoms with Gasteiger partial charge in [0.05, 0.1) is 49.6 Å². The molecule has 0 bridgehead atoms. The number of aliphatic carboxylic acids is 4. The van der Waals surface area contributed by atoms with Gasteiger partial charge in [-0.15, -0.1) is 0 Å². The van der Waals surface area contributed by atoms with Crippen molar-refractivity contribution >= 4 is 23.9 Å². The van der Waals surface area contributed by atoms with Crippen LogP contribution in [-0.2, 0) is 57.1 Å². The number of fused-ring (bicyclic) bond motifs is 1. The minimum absolute atomic E-state index is 0. The van der Waals surface area contributed by atoms with Gasteiger partial charge in [-0.1, -0.05) is 0 Å².